The Kier molecular flexibility index (Phi) is 6.29. The lowest BCUT2D eigenvalue weighted by atomic mass is 10.1. The maximum absolute atomic E-state index is 12.7. The number of esters is 1. The standard InChI is InChI=1S/C19H16BrClN2O6/c1-3-28-16-10(6-11(21)8-13(16)20)7-14-17(24)23(19(26)22-14)9-12-4-5-15(29-12)18(25)27-2/h4-8H,3,9H2,1-2H3,(H,22,26)/b14-7-. The van der Waals surface area contributed by atoms with Gasteiger partial charge in [0.15, 0.2) is 0 Å². The number of imide groups is 1. The van der Waals surface area contributed by atoms with E-state index in [9.17, 15) is 14.4 Å². The van der Waals surface area contributed by atoms with Gasteiger partial charge in [0.2, 0.25) is 5.76 Å². The second kappa shape index (κ2) is 8.71. The Hall–Kier alpha value is -2.78. The average molecular weight is 484 g/mol. The molecule has 1 aliphatic rings. The van der Waals surface area contributed by atoms with Crippen LogP contribution in [-0.4, -0.2) is 36.5 Å². The monoisotopic (exact) mass is 482 g/mol. The largest absolute Gasteiger partial charge is 0.492 e. The van der Waals surface area contributed by atoms with Crippen LogP contribution in [0.4, 0.5) is 4.79 Å². The number of halogens is 2. The van der Waals surface area contributed by atoms with E-state index in [2.05, 4.69) is 26.0 Å². The van der Waals surface area contributed by atoms with Crippen LogP contribution in [0.1, 0.15) is 28.8 Å². The molecule has 2 aromatic rings. The quantitative estimate of drug-likeness (QED) is 0.379. The van der Waals surface area contributed by atoms with Gasteiger partial charge in [0.25, 0.3) is 5.91 Å². The summed E-state index contributed by atoms with van der Waals surface area (Å²) in [5.74, 6) is -0.460. The number of nitrogens with zero attached hydrogens (tertiary/aromatic N) is 1. The lowest BCUT2D eigenvalue weighted by Gasteiger charge is -2.11. The molecular weight excluding hydrogens is 468 g/mol. The smallest absolute Gasteiger partial charge is 0.373 e. The summed E-state index contributed by atoms with van der Waals surface area (Å²) in [6.07, 6.45) is 1.49. The number of nitrogens with one attached hydrogen (secondary N) is 1. The normalized spacial score (nSPS) is 15.0. The van der Waals surface area contributed by atoms with E-state index in [1.54, 1.807) is 12.1 Å². The third-order valence-corrected chi connectivity index (χ3v) is 4.76. The zero-order chi connectivity index (χ0) is 21.1. The minimum absolute atomic E-state index is 0.0181. The molecule has 29 heavy (non-hydrogen) atoms. The van der Waals surface area contributed by atoms with Crippen LogP contribution in [0, 0.1) is 0 Å². The molecule has 1 aromatic heterocycles. The minimum atomic E-state index is -0.649. The molecule has 0 spiro atoms. The first-order chi connectivity index (χ1) is 13.8. The van der Waals surface area contributed by atoms with E-state index in [4.69, 9.17) is 20.8 Å². The van der Waals surface area contributed by atoms with Crippen molar-refractivity contribution < 1.29 is 28.3 Å². The van der Waals surface area contributed by atoms with Crippen molar-refractivity contribution in [2.75, 3.05) is 13.7 Å². The Labute approximate surface area is 179 Å². The number of ether oxygens (including phenoxy) is 2. The van der Waals surface area contributed by atoms with Crippen LogP contribution in [0.3, 0.4) is 0 Å². The van der Waals surface area contributed by atoms with E-state index in [0.717, 1.165) is 4.90 Å². The molecule has 0 unspecified atom stereocenters. The van der Waals surface area contributed by atoms with Crippen LogP contribution in [-0.2, 0) is 16.1 Å². The van der Waals surface area contributed by atoms with Crippen molar-refractivity contribution in [2.24, 2.45) is 0 Å². The molecule has 0 saturated carbocycles. The fourth-order valence-corrected chi connectivity index (χ4v) is 3.63. The van der Waals surface area contributed by atoms with Gasteiger partial charge in [-0.1, -0.05) is 11.6 Å². The minimum Gasteiger partial charge on any atom is -0.492 e. The third-order valence-electron chi connectivity index (χ3n) is 3.95. The maximum Gasteiger partial charge on any atom is 0.373 e. The number of carbonyl (C=O) groups excluding carboxylic acids is 3. The highest BCUT2D eigenvalue weighted by atomic mass is 79.9. The van der Waals surface area contributed by atoms with Gasteiger partial charge < -0.3 is 19.2 Å². The van der Waals surface area contributed by atoms with Crippen molar-refractivity contribution >= 4 is 51.5 Å². The summed E-state index contributed by atoms with van der Waals surface area (Å²) in [7, 11) is 1.23. The Balaban J connectivity index is 1.85. The highest BCUT2D eigenvalue weighted by molar-refractivity contribution is 9.10. The lowest BCUT2D eigenvalue weighted by molar-refractivity contribution is -0.123. The molecule has 1 saturated heterocycles. The van der Waals surface area contributed by atoms with Gasteiger partial charge in [-0.2, -0.15) is 0 Å². The molecule has 10 heteroatoms. The molecule has 152 valence electrons. The number of urea groups is 1. The number of carbonyl (C=O) groups is 3. The predicted molar refractivity (Wildman–Crippen MR) is 107 cm³/mol. The lowest BCUT2D eigenvalue weighted by Crippen LogP contribution is -2.30. The molecule has 1 aliphatic heterocycles. The van der Waals surface area contributed by atoms with Crippen molar-refractivity contribution in [2.45, 2.75) is 13.5 Å². The van der Waals surface area contributed by atoms with E-state index in [1.165, 1.54) is 25.3 Å². The molecule has 2 heterocycles. The Morgan fingerprint density at radius 1 is 1.34 bits per heavy atom. The zero-order valence-electron chi connectivity index (χ0n) is 15.5. The van der Waals surface area contributed by atoms with Gasteiger partial charge >= 0.3 is 12.0 Å². The second-order valence-electron chi connectivity index (χ2n) is 5.88. The number of furan rings is 1. The van der Waals surface area contributed by atoms with E-state index in [1.807, 2.05) is 6.92 Å². The topological polar surface area (TPSA) is 98.1 Å². The summed E-state index contributed by atoms with van der Waals surface area (Å²) < 4.78 is 16.1. The SMILES string of the molecule is CCOc1c(Br)cc(Cl)cc1/C=C1\NC(=O)N(Cc2ccc(C(=O)OC)o2)C1=O. The van der Waals surface area contributed by atoms with Gasteiger partial charge in [0, 0.05) is 10.6 Å². The van der Waals surface area contributed by atoms with Crippen LogP contribution in [0.25, 0.3) is 6.08 Å². The summed E-state index contributed by atoms with van der Waals surface area (Å²) in [4.78, 5) is 37.4. The molecule has 0 radical (unpaired) electrons. The van der Waals surface area contributed by atoms with Crippen molar-refractivity contribution in [3.8, 4) is 5.75 Å². The number of hydrogen-bond donors (Lipinski definition) is 1. The zero-order valence-corrected chi connectivity index (χ0v) is 17.8. The van der Waals surface area contributed by atoms with Crippen LogP contribution in [0.5, 0.6) is 5.75 Å². The molecule has 0 aliphatic carbocycles. The van der Waals surface area contributed by atoms with Crippen molar-refractivity contribution in [1.82, 2.24) is 10.2 Å². The van der Waals surface area contributed by atoms with Crippen LogP contribution >= 0.6 is 27.5 Å². The first-order valence-corrected chi connectivity index (χ1v) is 9.64. The summed E-state index contributed by atoms with van der Waals surface area (Å²) in [6, 6.07) is 5.59. The third kappa shape index (κ3) is 4.46. The highest BCUT2D eigenvalue weighted by Gasteiger charge is 2.34. The summed E-state index contributed by atoms with van der Waals surface area (Å²) in [5.41, 5.74) is 0.590. The molecule has 1 N–H and O–H groups in total. The summed E-state index contributed by atoms with van der Waals surface area (Å²) in [6.45, 7) is 2.09. The Morgan fingerprint density at radius 2 is 2.10 bits per heavy atom. The fourth-order valence-electron chi connectivity index (χ4n) is 2.68. The van der Waals surface area contributed by atoms with Crippen LogP contribution in [0.15, 0.2) is 38.9 Å². The van der Waals surface area contributed by atoms with Gasteiger partial charge in [-0.05, 0) is 53.2 Å². The molecule has 0 atom stereocenters. The van der Waals surface area contributed by atoms with E-state index >= 15 is 0 Å². The van der Waals surface area contributed by atoms with Crippen LogP contribution in [0.2, 0.25) is 5.02 Å². The molecule has 0 bridgehead atoms. The number of rotatable bonds is 6. The van der Waals surface area contributed by atoms with E-state index in [0.29, 0.717) is 27.4 Å². The van der Waals surface area contributed by atoms with Gasteiger partial charge in [0.05, 0.1) is 24.7 Å². The van der Waals surface area contributed by atoms with Crippen LogP contribution < -0.4 is 10.1 Å². The molecule has 1 fully saturated rings. The first-order valence-electron chi connectivity index (χ1n) is 8.47. The van der Waals surface area contributed by atoms with Gasteiger partial charge in [-0.25, -0.2) is 9.59 Å². The highest BCUT2D eigenvalue weighted by Crippen LogP contribution is 2.34. The van der Waals surface area contributed by atoms with Gasteiger partial charge in [0.1, 0.15) is 17.2 Å². The Bertz CT molecular complexity index is 1020. The number of benzene rings is 1. The van der Waals surface area contributed by atoms with E-state index in [-0.39, 0.29) is 23.8 Å². The number of amides is 3. The molecule has 3 amide bonds. The average Bonchev–Trinajstić information content (AvgIpc) is 3.24. The molecular formula is C19H16BrClN2O6. The van der Waals surface area contributed by atoms with Crippen molar-refractivity contribution in [1.29, 1.82) is 0 Å². The molecule has 1 aromatic carbocycles. The van der Waals surface area contributed by atoms with Gasteiger partial charge in [-0.3, -0.25) is 9.69 Å². The predicted octanol–water partition coefficient (Wildman–Crippen LogP) is 3.97. The molecule has 8 nitrogen and oxygen atoms in total. The van der Waals surface area contributed by atoms with Gasteiger partial charge in [-0.15, -0.1) is 0 Å². The maximum atomic E-state index is 12.7. The fraction of sp³-hybridized carbons (Fsp3) is 0.211. The first kappa shape index (κ1) is 20.9. The van der Waals surface area contributed by atoms with Crippen molar-refractivity contribution in [3.05, 3.63) is 56.5 Å². The second-order valence-corrected chi connectivity index (χ2v) is 7.17. The van der Waals surface area contributed by atoms with E-state index < -0.39 is 17.9 Å². The Morgan fingerprint density at radius 3 is 2.79 bits per heavy atom. The molecule has 3 rings (SSSR count). The summed E-state index contributed by atoms with van der Waals surface area (Å²) in [5, 5.41) is 2.96. The number of methoxy groups -OCH3 is 1. The number of hydrogen-bond acceptors (Lipinski definition) is 6. The summed E-state index contributed by atoms with van der Waals surface area (Å²) >= 11 is 9.48. The van der Waals surface area contributed by atoms with Crippen molar-refractivity contribution in [3.63, 3.8) is 0 Å².